The SMILES string of the molecule is COc1cc(NC(=O)C(=O)NCCCN(C)C(C)C)c(C(=O)N(C)C)cc1OC. The molecule has 0 aliphatic rings. The first kappa shape index (κ1) is 24.2. The number of nitrogens with zero attached hydrogens (tertiary/aromatic N) is 2. The number of rotatable bonds is 9. The highest BCUT2D eigenvalue weighted by Gasteiger charge is 2.22. The van der Waals surface area contributed by atoms with E-state index in [1.165, 1.54) is 31.3 Å². The molecule has 0 aliphatic carbocycles. The number of hydrogen-bond acceptors (Lipinski definition) is 6. The average Bonchev–Trinajstić information content (AvgIpc) is 2.69. The normalized spacial score (nSPS) is 10.7. The van der Waals surface area contributed by atoms with Gasteiger partial charge in [-0.1, -0.05) is 0 Å². The molecule has 0 heterocycles. The van der Waals surface area contributed by atoms with Gasteiger partial charge in [-0.25, -0.2) is 0 Å². The molecule has 0 aromatic heterocycles. The summed E-state index contributed by atoms with van der Waals surface area (Å²) in [6, 6.07) is 3.33. The summed E-state index contributed by atoms with van der Waals surface area (Å²) in [6.07, 6.45) is 0.717. The highest BCUT2D eigenvalue weighted by Crippen LogP contribution is 2.33. The lowest BCUT2D eigenvalue weighted by atomic mass is 10.1. The van der Waals surface area contributed by atoms with Gasteiger partial charge in [0.25, 0.3) is 5.91 Å². The van der Waals surface area contributed by atoms with Gasteiger partial charge in [0.15, 0.2) is 11.5 Å². The molecule has 1 aromatic rings. The lowest BCUT2D eigenvalue weighted by Gasteiger charge is -2.20. The summed E-state index contributed by atoms with van der Waals surface area (Å²) in [5.41, 5.74) is 0.355. The monoisotopic (exact) mass is 408 g/mol. The molecular weight excluding hydrogens is 376 g/mol. The summed E-state index contributed by atoms with van der Waals surface area (Å²) in [6.45, 7) is 5.35. The molecule has 0 radical (unpaired) electrons. The molecule has 2 N–H and O–H groups in total. The van der Waals surface area contributed by atoms with Crippen LogP contribution in [0.5, 0.6) is 11.5 Å². The van der Waals surface area contributed by atoms with E-state index in [4.69, 9.17) is 9.47 Å². The first-order valence-corrected chi connectivity index (χ1v) is 9.39. The van der Waals surface area contributed by atoms with Crippen LogP contribution in [0.15, 0.2) is 12.1 Å². The number of methoxy groups -OCH3 is 2. The first-order valence-electron chi connectivity index (χ1n) is 9.39. The Balaban J connectivity index is 2.88. The van der Waals surface area contributed by atoms with E-state index in [2.05, 4.69) is 29.4 Å². The lowest BCUT2D eigenvalue weighted by Crippen LogP contribution is -2.38. The molecular formula is C20H32N4O5. The minimum absolute atomic E-state index is 0.168. The first-order chi connectivity index (χ1) is 13.6. The minimum atomic E-state index is -0.859. The second kappa shape index (κ2) is 11.3. The van der Waals surface area contributed by atoms with Crippen molar-refractivity contribution in [1.82, 2.24) is 15.1 Å². The fraction of sp³-hybridized carbons (Fsp3) is 0.550. The van der Waals surface area contributed by atoms with Crippen molar-refractivity contribution in [1.29, 1.82) is 0 Å². The predicted molar refractivity (Wildman–Crippen MR) is 112 cm³/mol. The number of amides is 3. The van der Waals surface area contributed by atoms with Crippen molar-refractivity contribution in [3.63, 3.8) is 0 Å². The topological polar surface area (TPSA) is 100 Å². The maximum atomic E-state index is 12.5. The zero-order valence-electron chi connectivity index (χ0n) is 18.3. The van der Waals surface area contributed by atoms with Crippen molar-refractivity contribution in [2.45, 2.75) is 26.3 Å². The molecule has 162 valence electrons. The van der Waals surface area contributed by atoms with Crippen molar-refractivity contribution >= 4 is 23.4 Å². The van der Waals surface area contributed by atoms with Crippen LogP contribution >= 0.6 is 0 Å². The van der Waals surface area contributed by atoms with Crippen LogP contribution in [-0.4, -0.2) is 82.0 Å². The van der Waals surface area contributed by atoms with Gasteiger partial charge in [-0.2, -0.15) is 0 Å². The largest absolute Gasteiger partial charge is 0.493 e. The summed E-state index contributed by atoms with van der Waals surface area (Å²) in [7, 11) is 8.07. The number of benzene rings is 1. The zero-order valence-corrected chi connectivity index (χ0v) is 18.3. The van der Waals surface area contributed by atoms with Crippen LogP contribution in [-0.2, 0) is 9.59 Å². The van der Waals surface area contributed by atoms with Gasteiger partial charge in [-0.05, 0) is 39.9 Å². The molecule has 9 nitrogen and oxygen atoms in total. The Kier molecular flexibility index (Phi) is 9.40. The van der Waals surface area contributed by atoms with Crippen LogP contribution < -0.4 is 20.1 Å². The number of hydrogen-bond donors (Lipinski definition) is 2. The molecule has 0 aliphatic heterocycles. The number of ether oxygens (including phenoxy) is 2. The van der Waals surface area contributed by atoms with Crippen molar-refractivity contribution in [3.05, 3.63) is 17.7 Å². The van der Waals surface area contributed by atoms with E-state index in [1.807, 2.05) is 7.05 Å². The maximum absolute atomic E-state index is 12.5. The van der Waals surface area contributed by atoms with Gasteiger partial charge in [-0.3, -0.25) is 14.4 Å². The molecule has 0 saturated heterocycles. The molecule has 0 fully saturated rings. The standard InChI is InChI=1S/C20H32N4O5/c1-13(2)24(5)10-8-9-21-18(25)19(26)22-15-12-17(29-7)16(28-6)11-14(15)20(27)23(3)4/h11-13H,8-10H2,1-7H3,(H,21,25)(H,22,26). The molecule has 0 saturated carbocycles. The number of carbonyl (C=O) groups excluding carboxylic acids is 3. The Morgan fingerprint density at radius 3 is 2.10 bits per heavy atom. The molecule has 1 rings (SSSR count). The van der Waals surface area contributed by atoms with E-state index in [0.29, 0.717) is 30.5 Å². The van der Waals surface area contributed by atoms with E-state index in [-0.39, 0.29) is 17.2 Å². The Morgan fingerprint density at radius 2 is 1.59 bits per heavy atom. The Bertz CT molecular complexity index is 734. The Hall–Kier alpha value is -2.81. The third-order valence-electron chi connectivity index (χ3n) is 4.47. The van der Waals surface area contributed by atoms with Gasteiger partial charge >= 0.3 is 11.8 Å². The van der Waals surface area contributed by atoms with Crippen LogP contribution in [0, 0.1) is 0 Å². The minimum Gasteiger partial charge on any atom is -0.493 e. The summed E-state index contributed by atoms with van der Waals surface area (Å²) in [5, 5.41) is 5.09. The molecule has 0 unspecified atom stereocenters. The predicted octanol–water partition coefficient (Wildman–Crippen LogP) is 1.19. The second-order valence-corrected chi connectivity index (χ2v) is 7.09. The van der Waals surface area contributed by atoms with E-state index >= 15 is 0 Å². The summed E-state index contributed by atoms with van der Waals surface area (Å²) < 4.78 is 10.5. The molecule has 3 amide bonds. The number of anilines is 1. The maximum Gasteiger partial charge on any atom is 0.313 e. The highest BCUT2D eigenvalue weighted by molar-refractivity contribution is 6.40. The van der Waals surface area contributed by atoms with Gasteiger partial charge < -0.3 is 29.9 Å². The van der Waals surface area contributed by atoms with Crippen molar-refractivity contribution in [3.8, 4) is 11.5 Å². The van der Waals surface area contributed by atoms with Crippen LogP contribution in [0.25, 0.3) is 0 Å². The molecule has 9 heteroatoms. The zero-order chi connectivity index (χ0) is 22.1. The van der Waals surface area contributed by atoms with Gasteiger partial charge in [-0.15, -0.1) is 0 Å². The van der Waals surface area contributed by atoms with Crippen LogP contribution in [0.2, 0.25) is 0 Å². The summed E-state index contributed by atoms with van der Waals surface area (Å²) in [4.78, 5) is 40.4. The van der Waals surface area contributed by atoms with Crippen molar-refractivity contribution < 1.29 is 23.9 Å². The molecule has 0 spiro atoms. The van der Waals surface area contributed by atoms with E-state index in [9.17, 15) is 14.4 Å². The van der Waals surface area contributed by atoms with E-state index in [0.717, 1.165) is 6.54 Å². The number of carbonyl (C=O) groups is 3. The van der Waals surface area contributed by atoms with E-state index < -0.39 is 11.8 Å². The molecule has 0 bridgehead atoms. The van der Waals surface area contributed by atoms with Gasteiger partial charge in [0, 0.05) is 32.7 Å². The van der Waals surface area contributed by atoms with Crippen molar-refractivity contribution in [2.24, 2.45) is 0 Å². The van der Waals surface area contributed by atoms with Crippen molar-refractivity contribution in [2.75, 3.05) is 53.8 Å². The van der Waals surface area contributed by atoms with Gasteiger partial charge in [0.05, 0.1) is 25.5 Å². The molecule has 0 atom stereocenters. The third-order valence-corrected chi connectivity index (χ3v) is 4.47. The fourth-order valence-electron chi connectivity index (χ4n) is 2.45. The third kappa shape index (κ3) is 6.94. The average molecular weight is 408 g/mol. The Labute approximate surface area is 172 Å². The highest BCUT2D eigenvalue weighted by atomic mass is 16.5. The number of nitrogens with one attached hydrogen (secondary N) is 2. The van der Waals surface area contributed by atoms with Crippen LogP contribution in [0.1, 0.15) is 30.6 Å². The van der Waals surface area contributed by atoms with E-state index in [1.54, 1.807) is 14.1 Å². The Morgan fingerprint density at radius 1 is 1.00 bits per heavy atom. The lowest BCUT2D eigenvalue weighted by molar-refractivity contribution is -0.136. The molecule has 1 aromatic carbocycles. The van der Waals surface area contributed by atoms with Gasteiger partial charge in [0.2, 0.25) is 0 Å². The quantitative estimate of drug-likeness (QED) is 0.470. The molecule has 29 heavy (non-hydrogen) atoms. The van der Waals surface area contributed by atoms with Crippen LogP contribution in [0.4, 0.5) is 5.69 Å². The summed E-state index contributed by atoms with van der Waals surface area (Å²) >= 11 is 0. The second-order valence-electron chi connectivity index (χ2n) is 7.09. The smallest absolute Gasteiger partial charge is 0.313 e. The summed E-state index contributed by atoms with van der Waals surface area (Å²) in [5.74, 6) is -1.31. The fourth-order valence-corrected chi connectivity index (χ4v) is 2.45. The van der Waals surface area contributed by atoms with Gasteiger partial charge in [0.1, 0.15) is 0 Å². The van der Waals surface area contributed by atoms with Crippen LogP contribution in [0.3, 0.4) is 0 Å².